The number of hydrogen-bond acceptors (Lipinski definition) is 2. The summed E-state index contributed by atoms with van der Waals surface area (Å²) in [4.78, 5) is 0. The zero-order valence-electron chi connectivity index (χ0n) is 5.06. The molecule has 0 aromatic carbocycles. The summed E-state index contributed by atoms with van der Waals surface area (Å²) in [7, 11) is 0. The number of hydrogen-bond donors (Lipinski definition) is 0. The van der Waals surface area contributed by atoms with E-state index in [1.54, 1.807) is 5.38 Å². The molecular formula is C6H7FOS. The number of rotatable bonds is 2. The topological polar surface area (TPSA) is 9.23 Å². The van der Waals surface area contributed by atoms with Gasteiger partial charge in [0.05, 0.1) is 6.61 Å². The van der Waals surface area contributed by atoms with Crippen molar-refractivity contribution in [3.05, 3.63) is 17.3 Å². The van der Waals surface area contributed by atoms with Crippen LogP contribution in [0.25, 0.3) is 0 Å². The van der Waals surface area contributed by atoms with Crippen molar-refractivity contribution in [2.45, 2.75) is 6.92 Å². The minimum absolute atomic E-state index is 0.262. The third kappa shape index (κ3) is 1.42. The van der Waals surface area contributed by atoms with Crippen LogP contribution in [-0.4, -0.2) is 6.61 Å². The average molecular weight is 146 g/mol. The average Bonchev–Trinajstić information content (AvgIpc) is 2.18. The minimum atomic E-state index is -0.262. The van der Waals surface area contributed by atoms with Gasteiger partial charge < -0.3 is 4.74 Å². The van der Waals surface area contributed by atoms with Gasteiger partial charge >= 0.3 is 0 Å². The fourth-order valence-electron chi connectivity index (χ4n) is 0.514. The quantitative estimate of drug-likeness (QED) is 0.622. The number of thiophene rings is 1. The number of ether oxygens (including phenoxy) is 1. The monoisotopic (exact) mass is 146 g/mol. The molecule has 0 N–H and O–H groups in total. The summed E-state index contributed by atoms with van der Waals surface area (Å²) < 4.78 is 17.3. The Morgan fingerprint density at radius 2 is 2.56 bits per heavy atom. The van der Waals surface area contributed by atoms with Gasteiger partial charge in [-0.1, -0.05) is 0 Å². The van der Waals surface area contributed by atoms with E-state index in [9.17, 15) is 4.39 Å². The Labute approximate surface area is 57.1 Å². The van der Waals surface area contributed by atoms with Crippen LogP contribution in [0.4, 0.5) is 4.39 Å². The normalized spacial score (nSPS) is 9.56. The molecule has 0 bridgehead atoms. The van der Waals surface area contributed by atoms with E-state index in [4.69, 9.17) is 4.74 Å². The second-order valence-electron chi connectivity index (χ2n) is 1.49. The van der Waals surface area contributed by atoms with Crippen LogP contribution in [0.2, 0.25) is 0 Å². The molecule has 1 aromatic heterocycles. The lowest BCUT2D eigenvalue weighted by atomic mass is 10.6. The molecule has 0 unspecified atom stereocenters. The fourth-order valence-corrected chi connectivity index (χ4v) is 1.19. The van der Waals surface area contributed by atoms with E-state index in [2.05, 4.69) is 0 Å². The summed E-state index contributed by atoms with van der Waals surface area (Å²) in [5.74, 6) is -0.262. The molecule has 1 aromatic rings. The molecule has 0 spiro atoms. The van der Waals surface area contributed by atoms with E-state index >= 15 is 0 Å². The highest BCUT2D eigenvalue weighted by Crippen LogP contribution is 2.23. The van der Waals surface area contributed by atoms with Gasteiger partial charge in [0, 0.05) is 0 Å². The molecule has 0 atom stereocenters. The van der Waals surface area contributed by atoms with Crippen molar-refractivity contribution in [2.24, 2.45) is 0 Å². The van der Waals surface area contributed by atoms with Crippen molar-refractivity contribution < 1.29 is 9.13 Å². The summed E-state index contributed by atoms with van der Waals surface area (Å²) in [5, 5.41) is 2.05. The van der Waals surface area contributed by atoms with Gasteiger partial charge in [-0.15, -0.1) is 11.3 Å². The highest BCUT2D eigenvalue weighted by molar-refractivity contribution is 7.11. The van der Waals surface area contributed by atoms with Crippen LogP contribution in [0.1, 0.15) is 6.92 Å². The Morgan fingerprint density at radius 3 is 3.00 bits per heavy atom. The van der Waals surface area contributed by atoms with E-state index in [1.165, 1.54) is 17.4 Å². The van der Waals surface area contributed by atoms with Gasteiger partial charge in [0.1, 0.15) is 0 Å². The van der Waals surface area contributed by atoms with Crippen LogP contribution >= 0.6 is 11.3 Å². The lowest BCUT2D eigenvalue weighted by molar-refractivity contribution is 0.333. The molecule has 50 valence electrons. The molecule has 0 aliphatic rings. The van der Waals surface area contributed by atoms with Crippen LogP contribution in [0.5, 0.6) is 5.06 Å². The Kier molecular flexibility index (Phi) is 2.05. The Morgan fingerprint density at radius 1 is 1.78 bits per heavy atom. The third-order valence-electron chi connectivity index (χ3n) is 0.860. The Bertz CT molecular complexity index is 185. The molecule has 1 nitrogen and oxygen atoms in total. The van der Waals surface area contributed by atoms with Gasteiger partial charge in [0.2, 0.25) is 5.06 Å². The molecule has 1 heterocycles. The summed E-state index contributed by atoms with van der Waals surface area (Å²) >= 11 is 1.28. The molecule has 3 heteroatoms. The first-order valence-corrected chi connectivity index (χ1v) is 3.58. The molecule has 0 saturated heterocycles. The maximum absolute atomic E-state index is 12.4. The highest BCUT2D eigenvalue weighted by Gasteiger charge is 2.00. The standard InChI is InChI=1S/C6H7FOS/c1-2-8-6-5(7)3-4-9-6/h3-4H,2H2,1H3. The first-order valence-electron chi connectivity index (χ1n) is 2.70. The molecule has 0 aliphatic carbocycles. The van der Waals surface area contributed by atoms with Crippen molar-refractivity contribution in [3.8, 4) is 5.06 Å². The zero-order chi connectivity index (χ0) is 6.69. The van der Waals surface area contributed by atoms with Crippen LogP contribution in [0, 0.1) is 5.82 Å². The molecule has 0 aliphatic heterocycles. The van der Waals surface area contributed by atoms with Crippen molar-refractivity contribution in [1.82, 2.24) is 0 Å². The van der Waals surface area contributed by atoms with Crippen LogP contribution in [0.3, 0.4) is 0 Å². The molecule has 0 fully saturated rings. The lowest BCUT2D eigenvalue weighted by Crippen LogP contribution is -1.89. The molecule has 9 heavy (non-hydrogen) atoms. The molecule has 1 rings (SSSR count). The molecule has 0 amide bonds. The van der Waals surface area contributed by atoms with Gasteiger partial charge in [0.25, 0.3) is 0 Å². The van der Waals surface area contributed by atoms with Crippen molar-refractivity contribution >= 4 is 11.3 Å². The first-order chi connectivity index (χ1) is 4.34. The third-order valence-corrected chi connectivity index (χ3v) is 1.66. The van der Waals surface area contributed by atoms with E-state index < -0.39 is 0 Å². The van der Waals surface area contributed by atoms with Gasteiger partial charge in [-0.2, -0.15) is 0 Å². The van der Waals surface area contributed by atoms with E-state index in [0.29, 0.717) is 11.7 Å². The summed E-state index contributed by atoms with van der Waals surface area (Å²) in [6, 6.07) is 1.40. The van der Waals surface area contributed by atoms with Crippen LogP contribution in [-0.2, 0) is 0 Å². The SMILES string of the molecule is CCOc1sccc1F. The maximum Gasteiger partial charge on any atom is 0.210 e. The lowest BCUT2D eigenvalue weighted by Gasteiger charge is -1.95. The van der Waals surface area contributed by atoms with E-state index in [-0.39, 0.29) is 5.82 Å². The summed E-state index contributed by atoms with van der Waals surface area (Å²) in [6.45, 7) is 2.36. The van der Waals surface area contributed by atoms with E-state index in [1.807, 2.05) is 6.92 Å². The van der Waals surface area contributed by atoms with E-state index in [0.717, 1.165) is 0 Å². The first kappa shape index (κ1) is 6.55. The van der Waals surface area contributed by atoms with Gasteiger partial charge in [-0.25, -0.2) is 4.39 Å². The molecular weight excluding hydrogens is 139 g/mol. The predicted molar refractivity (Wildman–Crippen MR) is 35.4 cm³/mol. The fraction of sp³-hybridized carbons (Fsp3) is 0.333. The van der Waals surface area contributed by atoms with Gasteiger partial charge in [-0.05, 0) is 18.4 Å². The Hall–Kier alpha value is -0.570. The largest absolute Gasteiger partial charge is 0.482 e. The van der Waals surface area contributed by atoms with Gasteiger partial charge in [-0.3, -0.25) is 0 Å². The molecule has 0 saturated carbocycles. The zero-order valence-corrected chi connectivity index (χ0v) is 5.87. The smallest absolute Gasteiger partial charge is 0.210 e. The summed E-state index contributed by atoms with van der Waals surface area (Å²) in [5.41, 5.74) is 0. The molecule has 0 radical (unpaired) electrons. The second kappa shape index (κ2) is 2.82. The van der Waals surface area contributed by atoms with Crippen molar-refractivity contribution in [3.63, 3.8) is 0 Å². The van der Waals surface area contributed by atoms with Gasteiger partial charge in [0.15, 0.2) is 5.82 Å². The highest BCUT2D eigenvalue weighted by atomic mass is 32.1. The summed E-state index contributed by atoms with van der Waals surface area (Å²) in [6.07, 6.45) is 0. The second-order valence-corrected chi connectivity index (χ2v) is 2.37. The van der Waals surface area contributed by atoms with Crippen LogP contribution < -0.4 is 4.74 Å². The van der Waals surface area contributed by atoms with Crippen molar-refractivity contribution in [1.29, 1.82) is 0 Å². The van der Waals surface area contributed by atoms with Crippen molar-refractivity contribution in [2.75, 3.05) is 6.61 Å². The minimum Gasteiger partial charge on any atom is -0.482 e. The predicted octanol–water partition coefficient (Wildman–Crippen LogP) is 2.29. The number of halogens is 1. The van der Waals surface area contributed by atoms with Crippen LogP contribution in [0.15, 0.2) is 11.4 Å². The Balaban J connectivity index is 2.69. The maximum atomic E-state index is 12.4.